The summed E-state index contributed by atoms with van der Waals surface area (Å²) in [5.74, 6) is 2.77. The second-order valence-electron chi connectivity index (χ2n) is 3.51. The van der Waals surface area contributed by atoms with Crippen molar-refractivity contribution in [3.63, 3.8) is 0 Å². The van der Waals surface area contributed by atoms with Crippen molar-refractivity contribution in [2.24, 2.45) is 5.92 Å². The number of hydrogen-bond donors (Lipinski definition) is 0. The van der Waals surface area contributed by atoms with Gasteiger partial charge in [-0.15, -0.1) is 8.86 Å². The van der Waals surface area contributed by atoms with E-state index in [1.807, 2.05) is 0 Å². The van der Waals surface area contributed by atoms with Gasteiger partial charge in [-0.05, 0) is 38.8 Å². The Morgan fingerprint density at radius 3 is 2.27 bits per heavy atom. The predicted molar refractivity (Wildman–Crippen MR) is 53.8 cm³/mol. The van der Waals surface area contributed by atoms with E-state index in [9.17, 15) is 0 Å². The SMILES string of the molecule is C[C@H](C=P)[C@H](C)N1CCCC1. The molecular weight excluding hydrogens is 153 g/mol. The summed E-state index contributed by atoms with van der Waals surface area (Å²) in [6.07, 6.45) is 2.78. The highest BCUT2D eigenvalue weighted by molar-refractivity contribution is 7.18. The largest absolute Gasteiger partial charge is 0.300 e. The predicted octanol–water partition coefficient (Wildman–Crippen LogP) is 2.05. The van der Waals surface area contributed by atoms with Crippen LogP contribution in [-0.2, 0) is 0 Å². The molecule has 1 rings (SSSR count). The van der Waals surface area contributed by atoms with E-state index in [2.05, 4.69) is 33.4 Å². The van der Waals surface area contributed by atoms with Gasteiger partial charge in [0.05, 0.1) is 0 Å². The first-order chi connectivity index (χ1) is 5.25. The molecule has 1 aliphatic rings. The zero-order valence-electron chi connectivity index (χ0n) is 7.51. The Morgan fingerprint density at radius 2 is 1.82 bits per heavy atom. The molecule has 0 saturated carbocycles. The molecule has 1 heterocycles. The monoisotopic (exact) mass is 171 g/mol. The van der Waals surface area contributed by atoms with Gasteiger partial charge in [0, 0.05) is 6.04 Å². The second-order valence-corrected chi connectivity index (χ2v) is 3.84. The number of nitrogens with zero attached hydrogens (tertiary/aromatic N) is 1. The van der Waals surface area contributed by atoms with Crippen molar-refractivity contribution in [1.29, 1.82) is 0 Å². The lowest BCUT2D eigenvalue weighted by atomic mass is 10.1. The van der Waals surface area contributed by atoms with Crippen LogP contribution in [0.5, 0.6) is 0 Å². The Balaban J connectivity index is 2.38. The summed E-state index contributed by atoms with van der Waals surface area (Å²) in [5, 5.41) is 0. The minimum absolute atomic E-state index is 0.657. The van der Waals surface area contributed by atoms with Crippen LogP contribution >= 0.6 is 8.86 Å². The average molecular weight is 171 g/mol. The van der Waals surface area contributed by atoms with Crippen molar-refractivity contribution in [2.75, 3.05) is 13.1 Å². The Labute approximate surface area is 72.0 Å². The number of rotatable bonds is 3. The first-order valence-electron chi connectivity index (χ1n) is 4.50. The maximum atomic E-state index is 3.46. The van der Waals surface area contributed by atoms with E-state index in [-0.39, 0.29) is 0 Å². The van der Waals surface area contributed by atoms with Crippen LogP contribution in [0.2, 0.25) is 0 Å². The van der Waals surface area contributed by atoms with Crippen molar-refractivity contribution in [1.82, 2.24) is 4.90 Å². The van der Waals surface area contributed by atoms with Gasteiger partial charge >= 0.3 is 0 Å². The summed E-state index contributed by atoms with van der Waals surface area (Å²) in [5.41, 5.74) is 0. The van der Waals surface area contributed by atoms with Gasteiger partial charge in [0.15, 0.2) is 0 Å². The number of likely N-dealkylation sites (tertiary alicyclic amines) is 1. The van der Waals surface area contributed by atoms with E-state index in [4.69, 9.17) is 0 Å². The lowest BCUT2D eigenvalue weighted by molar-refractivity contribution is 0.231. The van der Waals surface area contributed by atoms with Gasteiger partial charge < -0.3 is 4.90 Å². The minimum Gasteiger partial charge on any atom is -0.300 e. The molecule has 0 aliphatic carbocycles. The molecule has 1 fully saturated rings. The van der Waals surface area contributed by atoms with Crippen LogP contribution in [0.25, 0.3) is 0 Å². The van der Waals surface area contributed by atoms with Crippen molar-refractivity contribution in [3.05, 3.63) is 0 Å². The van der Waals surface area contributed by atoms with E-state index >= 15 is 0 Å². The summed E-state index contributed by atoms with van der Waals surface area (Å²) < 4.78 is 0. The summed E-state index contributed by atoms with van der Waals surface area (Å²) in [6.45, 7) is 7.17. The quantitative estimate of drug-likeness (QED) is 0.587. The molecule has 64 valence electrons. The molecular formula is C9H18NP. The molecule has 0 unspecified atom stereocenters. The molecule has 0 aromatic rings. The molecule has 0 aromatic carbocycles. The van der Waals surface area contributed by atoms with Gasteiger partial charge in [-0.25, -0.2) is 0 Å². The third kappa shape index (κ3) is 2.28. The fourth-order valence-corrected chi connectivity index (χ4v) is 1.90. The third-order valence-corrected chi connectivity index (χ3v) is 3.27. The summed E-state index contributed by atoms with van der Waals surface area (Å²) in [6, 6.07) is 0.704. The zero-order valence-corrected chi connectivity index (χ0v) is 8.51. The van der Waals surface area contributed by atoms with Crippen LogP contribution in [0.15, 0.2) is 0 Å². The summed E-state index contributed by atoms with van der Waals surface area (Å²) in [4.78, 5) is 2.57. The average Bonchev–Trinajstić information content (AvgIpc) is 2.53. The van der Waals surface area contributed by atoms with Gasteiger partial charge in [-0.2, -0.15) is 0 Å². The molecule has 1 nitrogen and oxygen atoms in total. The summed E-state index contributed by atoms with van der Waals surface area (Å²) >= 11 is 0. The molecule has 1 aliphatic heterocycles. The topological polar surface area (TPSA) is 3.24 Å². The molecule has 0 amide bonds. The normalized spacial score (nSPS) is 24.9. The highest BCUT2D eigenvalue weighted by Crippen LogP contribution is 2.16. The van der Waals surface area contributed by atoms with Crippen LogP contribution in [0.3, 0.4) is 0 Å². The molecule has 0 bridgehead atoms. The van der Waals surface area contributed by atoms with Gasteiger partial charge in [0.2, 0.25) is 0 Å². The molecule has 2 atom stereocenters. The van der Waals surface area contributed by atoms with Crippen LogP contribution in [0.1, 0.15) is 26.7 Å². The van der Waals surface area contributed by atoms with Gasteiger partial charge in [0.25, 0.3) is 0 Å². The smallest absolute Gasteiger partial charge is 0.0130 e. The lowest BCUT2D eigenvalue weighted by Gasteiger charge is -2.27. The Bertz CT molecular complexity index is 130. The van der Waals surface area contributed by atoms with Crippen LogP contribution in [0.4, 0.5) is 0 Å². The maximum absolute atomic E-state index is 3.46. The Kier molecular flexibility index (Phi) is 3.54. The van der Waals surface area contributed by atoms with E-state index < -0.39 is 0 Å². The number of hydrogen-bond acceptors (Lipinski definition) is 1. The fourth-order valence-electron chi connectivity index (χ4n) is 1.62. The van der Waals surface area contributed by atoms with Crippen LogP contribution in [-0.4, -0.2) is 29.8 Å². The van der Waals surface area contributed by atoms with Crippen LogP contribution < -0.4 is 0 Å². The Morgan fingerprint density at radius 1 is 1.27 bits per heavy atom. The van der Waals surface area contributed by atoms with E-state index in [0.717, 1.165) is 0 Å². The van der Waals surface area contributed by atoms with Crippen molar-refractivity contribution < 1.29 is 0 Å². The van der Waals surface area contributed by atoms with Crippen molar-refractivity contribution in [2.45, 2.75) is 32.7 Å². The molecule has 0 spiro atoms. The van der Waals surface area contributed by atoms with Gasteiger partial charge in [-0.1, -0.05) is 12.7 Å². The first kappa shape index (κ1) is 9.22. The van der Waals surface area contributed by atoms with Crippen LogP contribution in [0, 0.1) is 5.92 Å². The fraction of sp³-hybridized carbons (Fsp3) is 0.889. The van der Waals surface area contributed by atoms with E-state index in [1.54, 1.807) is 0 Å². The molecule has 0 aromatic heterocycles. The maximum Gasteiger partial charge on any atom is 0.0130 e. The summed E-state index contributed by atoms with van der Waals surface area (Å²) in [7, 11) is 3.46. The standard InChI is InChI=1S/C9H18NP/c1-8(7-11)9(2)10-5-3-4-6-10/h7-9,11H,3-6H2,1-2H3/t8-,9+/m1/s1. The van der Waals surface area contributed by atoms with Gasteiger partial charge in [0.1, 0.15) is 0 Å². The highest BCUT2D eigenvalue weighted by atomic mass is 31.0. The molecule has 0 N–H and O–H groups in total. The van der Waals surface area contributed by atoms with E-state index in [1.165, 1.54) is 25.9 Å². The third-order valence-electron chi connectivity index (χ3n) is 2.74. The van der Waals surface area contributed by atoms with Crippen molar-refractivity contribution >= 4 is 14.7 Å². The minimum atomic E-state index is 0.657. The molecule has 0 radical (unpaired) electrons. The van der Waals surface area contributed by atoms with Gasteiger partial charge in [-0.3, -0.25) is 0 Å². The lowest BCUT2D eigenvalue weighted by Crippen LogP contribution is -2.35. The molecule has 11 heavy (non-hydrogen) atoms. The van der Waals surface area contributed by atoms with E-state index in [0.29, 0.717) is 12.0 Å². The molecule has 1 saturated heterocycles. The molecule has 2 heteroatoms. The first-order valence-corrected chi connectivity index (χ1v) is 5.08. The van der Waals surface area contributed by atoms with Crippen molar-refractivity contribution in [3.8, 4) is 0 Å². The zero-order chi connectivity index (χ0) is 8.27. The second kappa shape index (κ2) is 4.23. The highest BCUT2D eigenvalue weighted by Gasteiger charge is 2.20. The Hall–Kier alpha value is 0.130.